The van der Waals surface area contributed by atoms with Crippen LogP contribution in [0.25, 0.3) is 10.9 Å². The van der Waals surface area contributed by atoms with Crippen molar-refractivity contribution in [2.45, 2.75) is 47.6 Å². The number of rotatable bonds is 10. The molecule has 1 heterocycles. The van der Waals surface area contributed by atoms with Crippen LogP contribution in [-0.2, 0) is 17.7 Å². The lowest BCUT2D eigenvalue weighted by Gasteiger charge is -2.17. The third-order valence-corrected chi connectivity index (χ3v) is 6.23. The van der Waals surface area contributed by atoms with Gasteiger partial charge in [0.25, 0.3) is 5.91 Å². The third kappa shape index (κ3) is 5.45. The van der Waals surface area contributed by atoms with E-state index < -0.39 is 0 Å². The Bertz CT molecular complexity index is 1110. The van der Waals surface area contributed by atoms with Crippen LogP contribution in [0.15, 0.2) is 42.5 Å². The summed E-state index contributed by atoms with van der Waals surface area (Å²) in [7, 11) is 0. The van der Waals surface area contributed by atoms with Crippen LogP contribution in [0.4, 0.5) is 5.69 Å². The molecule has 176 valence electrons. The maximum absolute atomic E-state index is 13.2. The Labute approximate surface area is 196 Å². The summed E-state index contributed by atoms with van der Waals surface area (Å²) in [5.41, 5.74) is 5.08. The number of benzene rings is 2. The van der Waals surface area contributed by atoms with Crippen molar-refractivity contribution in [2.24, 2.45) is 0 Å². The molecule has 0 fully saturated rings. The molecule has 0 radical (unpaired) electrons. The monoisotopic (exact) mass is 449 g/mol. The third-order valence-electron chi connectivity index (χ3n) is 6.23. The summed E-state index contributed by atoms with van der Waals surface area (Å²) in [6.45, 7) is 14.0. The summed E-state index contributed by atoms with van der Waals surface area (Å²) in [5.74, 6) is -0.508. The zero-order valence-electron chi connectivity index (χ0n) is 20.4. The van der Waals surface area contributed by atoms with Crippen LogP contribution in [0.5, 0.6) is 0 Å². The zero-order chi connectivity index (χ0) is 24.0. The number of aromatic nitrogens is 1. The highest BCUT2D eigenvalue weighted by atomic mass is 16.5. The Morgan fingerprint density at radius 2 is 1.70 bits per heavy atom. The lowest BCUT2D eigenvalue weighted by molar-refractivity contribution is 0.0466. The molecule has 0 aliphatic rings. The van der Waals surface area contributed by atoms with Gasteiger partial charge in [0.2, 0.25) is 0 Å². The van der Waals surface area contributed by atoms with Gasteiger partial charge in [0, 0.05) is 29.7 Å². The van der Waals surface area contributed by atoms with E-state index in [4.69, 9.17) is 4.74 Å². The van der Waals surface area contributed by atoms with Crippen molar-refractivity contribution in [3.63, 3.8) is 0 Å². The van der Waals surface area contributed by atoms with Crippen LogP contribution < -0.4 is 5.32 Å². The quantitative estimate of drug-likeness (QED) is 0.428. The van der Waals surface area contributed by atoms with Crippen LogP contribution in [0.1, 0.15) is 59.7 Å². The van der Waals surface area contributed by atoms with E-state index in [1.165, 1.54) is 5.56 Å². The normalized spacial score (nSPS) is 11.2. The van der Waals surface area contributed by atoms with Crippen molar-refractivity contribution in [3.8, 4) is 0 Å². The van der Waals surface area contributed by atoms with Gasteiger partial charge in [-0.3, -0.25) is 4.79 Å². The van der Waals surface area contributed by atoms with Crippen molar-refractivity contribution in [3.05, 3.63) is 64.8 Å². The first kappa shape index (κ1) is 24.5. The lowest BCUT2D eigenvalue weighted by Crippen LogP contribution is -2.27. The fourth-order valence-corrected chi connectivity index (χ4v) is 4.18. The van der Waals surface area contributed by atoms with E-state index in [0.717, 1.165) is 42.5 Å². The standard InChI is InChI=1S/C27H35N3O3/c1-6-20-10-15-24-23(18-20)19(5)25(30(24)9-4)26(31)28-22-13-11-21(12-14-22)27(32)33-17-16-29(7-2)8-3/h10-15,18H,6-9,16-17H2,1-5H3,(H,28,31). The lowest BCUT2D eigenvalue weighted by atomic mass is 10.1. The van der Waals surface area contributed by atoms with Gasteiger partial charge in [-0.05, 0) is 80.9 Å². The molecule has 0 bridgehead atoms. The van der Waals surface area contributed by atoms with Crippen LogP contribution in [0, 0.1) is 6.92 Å². The van der Waals surface area contributed by atoms with Crippen LogP contribution in [-0.4, -0.2) is 47.6 Å². The number of likely N-dealkylation sites (N-methyl/N-ethyl adjacent to an activating group) is 1. The number of anilines is 1. The zero-order valence-corrected chi connectivity index (χ0v) is 20.4. The number of carbonyl (C=O) groups excluding carboxylic acids is 2. The average Bonchev–Trinajstić information content (AvgIpc) is 3.13. The Morgan fingerprint density at radius 3 is 2.30 bits per heavy atom. The van der Waals surface area contributed by atoms with E-state index in [9.17, 15) is 9.59 Å². The predicted octanol–water partition coefficient (Wildman–Crippen LogP) is 5.28. The van der Waals surface area contributed by atoms with E-state index in [2.05, 4.69) is 53.8 Å². The number of aryl methyl sites for hydroxylation is 3. The number of hydrogen-bond acceptors (Lipinski definition) is 4. The minimum Gasteiger partial charge on any atom is -0.461 e. The molecule has 0 aliphatic heterocycles. The molecule has 0 saturated heterocycles. The molecule has 3 rings (SSSR count). The summed E-state index contributed by atoms with van der Waals surface area (Å²) < 4.78 is 7.44. The van der Waals surface area contributed by atoms with Crippen molar-refractivity contribution in [1.29, 1.82) is 0 Å². The van der Waals surface area contributed by atoms with Gasteiger partial charge in [0.05, 0.1) is 5.56 Å². The Kier molecular flexibility index (Phi) is 8.28. The SMILES string of the molecule is CCc1ccc2c(c1)c(C)c(C(=O)Nc1ccc(C(=O)OCCN(CC)CC)cc1)n2CC. The first-order chi connectivity index (χ1) is 15.9. The molecule has 0 aliphatic carbocycles. The van der Waals surface area contributed by atoms with Gasteiger partial charge in [-0.2, -0.15) is 0 Å². The highest BCUT2D eigenvalue weighted by Gasteiger charge is 2.20. The second-order valence-corrected chi connectivity index (χ2v) is 8.12. The average molecular weight is 450 g/mol. The second-order valence-electron chi connectivity index (χ2n) is 8.12. The van der Waals surface area contributed by atoms with E-state index in [1.807, 2.05) is 13.8 Å². The molecule has 0 atom stereocenters. The number of hydrogen-bond donors (Lipinski definition) is 1. The largest absolute Gasteiger partial charge is 0.461 e. The van der Waals surface area contributed by atoms with Crippen molar-refractivity contribution in [2.75, 3.05) is 31.6 Å². The van der Waals surface area contributed by atoms with Gasteiger partial charge in [-0.25, -0.2) is 4.79 Å². The molecule has 0 saturated carbocycles. The molecule has 3 aromatic rings. The molecule has 33 heavy (non-hydrogen) atoms. The molecule has 1 amide bonds. The first-order valence-electron chi connectivity index (χ1n) is 11.9. The molecule has 1 aromatic heterocycles. The minimum atomic E-state index is -0.353. The van der Waals surface area contributed by atoms with Gasteiger partial charge < -0.3 is 19.5 Å². The molecule has 0 spiro atoms. The van der Waals surface area contributed by atoms with Crippen LogP contribution in [0.2, 0.25) is 0 Å². The summed E-state index contributed by atoms with van der Waals surface area (Å²) >= 11 is 0. The number of carbonyl (C=O) groups is 2. The van der Waals surface area contributed by atoms with Crippen molar-refractivity contribution < 1.29 is 14.3 Å². The predicted molar refractivity (Wildman–Crippen MR) is 134 cm³/mol. The maximum Gasteiger partial charge on any atom is 0.338 e. The van der Waals surface area contributed by atoms with Crippen molar-refractivity contribution in [1.82, 2.24) is 9.47 Å². The topological polar surface area (TPSA) is 63.6 Å². The highest BCUT2D eigenvalue weighted by Crippen LogP contribution is 2.28. The Hall–Kier alpha value is -3.12. The summed E-state index contributed by atoms with van der Waals surface area (Å²) in [4.78, 5) is 27.7. The first-order valence-corrected chi connectivity index (χ1v) is 11.9. The number of nitrogens with zero attached hydrogens (tertiary/aromatic N) is 2. The molecule has 6 nitrogen and oxygen atoms in total. The molecular weight excluding hydrogens is 414 g/mol. The van der Waals surface area contributed by atoms with Crippen LogP contribution in [0.3, 0.4) is 0 Å². The van der Waals surface area contributed by atoms with Gasteiger partial charge in [0.15, 0.2) is 0 Å². The number of esters is 1. The summed E-state index contributed by atoms with van der Waals surface area (Å²) in [6, 6.07) is 13.2. The van der Waals surface area contributed by atoms with Gasteiger partial charge in [-0.1, -0.05) is 26.8 Å². The van der Waals surface area contributed by atoms with E-state index in [1.54, 1.807) is 24.3 Å². The Morgan fingerprint density at radius 1 is 1.00 bits per heavy atom. The van der Waals surface area contributed by atoms with Gasteiger partial charge in [0.1, 0.15) is 12.3 Å². The molecular formula is C27H35N3O3. The number of amides is 1. The smallest absolute Gasteiger partial charge is 0.338 e. The number of fused-ring (bicyclic) bond motifs is 1. The van der Waals surface area contributed by atoms with Crippen molar-refractivity contribution >= 4 is 28.5 Å². The van der Waals surface area contributed by atoms with Crippen LogP contribution >= 0.6 is 0 Å². The number of nitrogens with one attached hydrogen (secondary N) is 1. The molecule has 6 heteroatoms. The maximum atomic E-state index is 13.2. The molecule has 2 aromatic carbocycles. The van der Waals surface area contributed by atoms with Gasteiger partial charge >= 0.3 is 5.97 Å². The van der Waals surface area contributed by atoms with Gasteiger partial charge in [-0.15, -0.1) is 0 Å². The fraction of sp³-hybridized carbons (Fsp3) is 0.407. The minimum absolute atomic E-state index is 0.154. The Balaban J connectivity index is 1.71. The molecule has 1 N–H and O–H groups in total. The summed E-state index contributed by atoms with van der Waals surface area (Å²) in [5, 5.41) is 4.10. The fourth-order valence-electron chi connectivity index (χ4n) is 4.18. The number of ether oxygens (including phenoxy) is 1. The van der Waals surface area contributed by atoms with E-state index >= 15 is 0 Å². The molecule has 0 unspecified atom stereocenters. The van der Waals surface area contributed by atoms with E-state index in [-0.39, 0.29) is 11.9 Å². The van der Waals surface area contributed by atoms with E-state index in [0.29, 0.717) is 30.1 Å². The second kappa shape index (κ2) is 11.1. The summed E-state index contributed by atoms with van der Waals surface area (Å²) in [6.07, 6.45) is 0.957. The highest BCUT2D eigenvalue weighted by molar-refractivity contribution is 6.08.